The average Bonchev–Trinajstić information content (AvgIpc) is 3.06. The van der Waals surface area contributed by atoms with Crippen molar-refractivity contribution in [3.05, 3.63) is 62.7 Å². The van der Waals surface area contributed by atoms with Crippen LogP contribution in [0, 0.1) is 5.82 Å². The van der Waals surface area contributed by atoms with E-state index in [9.17, 15) is 18.8 Å². The quantitative estimate of drug-likeness (QED) is 0.298. The van der Waals surface area contributed by atoms with Gasteiger partial charge in [-0.15, -0.1) is 0 Å². The lowest BCUT2D eigenvalue weighted by Crippen LogP contribution is -2.42. The van der Waals surface area contributed by atoms with E-state index in [1.165, 1.54) is 19.1 Å². The third kappa shape index (κ3) is 5.79. The molecule has 2 amide bonds. The highest BCUT2D eigenvalue weighted by Crippen LogP contribution is 2.40. The number of nitrogens with zero attached hydrogens (tertiary/aromatic N) is 1. The van der Waals surface area contributed by atoms with Gasteiger partial charge in [-0.3, -0.25) is 14.5 Å². The number of halogens is 2. The van der Waals surface area contributed by atoms with Gasteiger partial charge in [0.05, 0.1) is 22.6 Å². The lowest BCUT2D eigenvalue weighted by atomic mass is 10.1. The van der Waals surface area contributed by atoms with Crippen LogP contribution in [0.1, 0.15) is 31.9 Å². The van der Waals surface area contributed by atoms with Gasteiger partial charge in [0, 0.05) is 5.56 Å². The molecule has 1 aliphatic heterocycles. The minimum atomic E-state index is -1.03. The maximum Gasteiger partial charge on any atom is 0.329 e. The molecule has 1 fully saturated rings. The van der Waals surface area contributed by atoms with Crippen LogP contribution in [-0.4, -0.2) is 41.3 Å². The van der Waals surface area contributed by atoms with Gasteiger partial charge in [-0.2, -0.15) is 0 Å². The minimum Gasteiger partial charge on any atom is -0.490 e. The van der Waals surface area contributed by atoms with Crippen LogP contribution in [0.3, 0.4) is 0 Å². The van der Waals surface area contributed by atoms with Gasteiger partial charge in [0.15, 0.2) is 11.5 Å². The van der Waals surface area contributed by atoms with Gasteiger partial charge in [-0.05, 0) is 78.3 Å². The van der Waals surface area contributed by atoms with Crippen LogP contribution in [0.15, 0.2) is 45.8 Å². The second-order valence-electron chi connectivity index (χ2n) is 7.12. The molecular weight excluding hydrogens is 529 g/mol. The van der Waals surface area contributed by atoms with Gasteiger partial charge in [-0.1, -0.05) is 18.2 Å². The van der Waals surface area contributed by atoms with Crippen molar-refractivity contribution in [2.45, 2.75) is 33.4 Å². The van der Waals surface area contributed by atoms with Crippen molar-refractivity contribution in [1.82, 2.24) is 4.90 Å². The van der Waals surface area contributed by atoms with Crippen LogP contribution in [-0.2, 0) is 20.9 Å². The van der Waals surface area contributed by atoms with Crippen molar-refractivity contribution in [1.29, 1.82) is 0 Å². The highest BCUT2D eigenvalue weighted by Gasteiger charge is 2.41. The number of esters is 1. The Bertz CT molecular complexity index is 1140. The molecule has 180 valence electrons. The van der Waals surface area contributed by atoms with Crippen molar-refractivity contribution in [3.63, 3.8) is 0 Å². The van der Waals surface area contributed by atoms with E-state index in [0.717, 1.165) is 16.7 Å². The number of imide groups is 1. The van der Waals surface area contributed by atoms with Crippen molar-refractivity contribution >= 4 is 50.9 Å². The van der Waals surface area contributed by atoms with Crippen LogP contribution >= 0.6 is 27.7 Å². The van der Waals surface area contributed by atoms with Crippen LogP contribution in [0.25, 0.3) is 6.08 Å². The van der Waals surface area contributed by atoms with E-state index in [2.05, 4.69) is 15.9 Å². The Labute approximate surface area is 209 Å². The molecule has 0 unspecified atom stereocenters. The summed E-state index contributed by atoms with van der Waals surface area (Å²) in [7, 11) is 0. The van der Waals surface area contributed by atoms with Crippen molar-refractivity contribution in [3.8, 4) is 11.5 Å². The SMILES string of the molecule is CCOC(=O)[C@@H](C)N1C(=O)S/C(=C/c2cc(Br)c(OCc3ccccc3F)c(OCC)c2)C1=O. The summed E-state index contributed by atoms with van der Waals surface area (Å²) in [4.78, 5) is 38.3. The number of carbonyl (C=O) groups excluding carboxylic acids is 3. The first kappa shape index (κ1) is 25.8. The second-order valence-corrected chi connectivity index (χ2v) is 8.97. The smallest absolute Gasteiger partial charge is 0.329 e. The van der Waals surface area contributed by atoms with Gasteiger partial charge < -0.3 is 14.2 Å². The summed E-state index contributed by atoms with van der Waals surface area (Å²) in [6.07, 6.45) is 1.54. The van der Waals surface area contributed by atoms with Gasteiger partial charge in [0.25, 0.3) is 11.1 Å². The van der Waals surface area contributed by atoms with Gasteiger partial charge >= 0.3 is 5.97 Å². The number of carbonyl (C=O) groups is 3. The molecule has 0 saturated carbocycles. The fourth-order valence-electron chi connectivity index (χ4n) is 3.17. The van der Waals surface area contributed by atoms with E-state index in [1.54, 1.807) is 37.3 Å². The van der Waals surface area contributed by atoms with Gasteiger partial charge in [0.1, 0.15) is 18.5 Å². The molecule has 3 rings (SSSR count). The number of hydrogen-bond acceptors (Lipinski definition) is 7. The summed E-state index contributed by atoms with van der Waals surface area (Å²) in [5.74, 6) is -0.834. The molecular formula is C24H23BrFNO6S. The minimum absolute atomic E-state index is 0.00463. The zero-order valence-electron chi connectivity index (χ0n) is 18.8. The molecule has 10 heteroatoms. The van der Waals surface area contributed by atoms with Crippen LogP contribution in [0.5, 0.6) is 11.5 Å². The Morgan fingerprint density at radius 2 is 1.91 bits per heavy atom. The molecule has 7 nitrogen and oxygen atoms in total. The van der Waals surface area contributed by atoms with E-state index in [1.807, 2.05) is 6.92 Å². The summed E-state index contributed by atoms with van der Waals surface area (Å²) in [5, 5.41) is -0.550. The Morgan fingerprint density at radius 3 is 2.59 bits per heavy atom. The van der Waals surface area contributed by atoms with Crippen molar-refractivity contribution < 1.29 is 33.0 Å². The fraction of sp³-hybridized carbons (Fsp3) is 0.292. The Hall–Kier alpha value is -2.85. The second kappa shape index (κ2) is 11.5. The normalized spacial score (nSPS) is 15.6. The lowest BCUT2D eigenvalue weighted by molar-refractivity contribution is -0.150. The molecule has 0 aliphatic carbocycles. The molecule has 34 heavy (non-hydrogen) atoms. The topological polar surface area (TPSA) is 82.1 Å². The standard InChI is InChI=1S/C24H23BrFNO6S/c1-4-31-19-11-15(10-17(25)21(19)33-13-16-8-6-7-9-18(16)26)12-20-22(28)27(24(30)34-20)14(3)23(29)32-5-2/h6-12,14H,4-5,13H2,1-3H3/b20-12+/t14-/m1/s1. The predicted octanol–water partition coefficient (Wildman–Crippen LogP) is 5.55. The third-order valence-corrected chi connectivity index (χ3v) is 6.27. The highest BCUT2D eigenvalue weighted by molar-refractivity contribution is 9.10. The third-order valence-electron chi connectivity index (χ3n) is 4.80. The molecule has 0 spiro atoms. The first-order chi connectivity index (χ1) is 16.3. The van der Waals surface area contributed by atoms with E-state index in [4.69, 9.17) is 14.2 Å². The van der Waals surface area contributed by atoms with Gasteiger partial charge in [-0.25, -0.2) is 9.18 Å². The summed E-state index contributed by atoms with van der Waals surface area (Å²) in [6, 6.07) is 8.64. The largest absolute Gasteiger partial charge is 0.490 e. The van der Waals surface area contributed by atoms with Crippen molar-refractivity contribution in [2.75, 3.05) is 13.2 Å². The maximum absolute atomic E-state index is 14.0. The molecule has 1 atom stereocenters. The first-order valence-electron chi connectivity index (χ1n) is 10.5. The van der Waals surface area contributed by atoms with E-state index in [0.29, 0.717) is 33.7 Å². The zero-order chi connectivity index (χ0) is 24.8. The number of hydrogen-bond donors (Lipinski definition) is 0. The Morgan fingerprint density at radius 1 is 1.18 bits per heavy atom. The summed E-state index contributed by atoms with van der Waals surface area (Å²) >= 11 is 4.19. The monoisotopic (exact) mass is 551 g/mol. The lowest BCUT2D eigenvalue weighted by Gasteiger charge is -2.19. The summed E-state index contributed by atoms with van der Waals surface area (Å²) in [6.45, 7) is 5.39. The average molecular weight is 552 g/mol. The molecule has 0 radical (unpaired) electrons. The number of amides is 2. The van der Waals surface area contributed by atoms with E-state index < -0.39 is 23.2 Å². The molecule has 0 N–H and O–H groups in total. The summed E-state index contributed by atoms with van der Waals surface area (Å²) < 4.78 is 30.9. The predicted molar refractivity (Wildman–Crippen MR) is 130 cm³/mol. The molecule has 1 aliphatic rings. The zero-order valence-corrected chi connectivity index (χ0v) is 21.2. The number of benzene rings is 2. The number of thioether (sulfide) groups is 1. The van der Waals surface area contributed by atoms with Crippen LogP contribution < -0.4 is 9.47 Å². The van der Waals surface area contributed by atoms with Gasteiger partial charge in [0.2, 0.25) is 0 Å². The van der Waals surface area contributed by atoms with Crippen LogP contribution in [0.2, 0.25) is 0 Å². The Balaban J connectivity index is 1.86. The molecule has 0 aromatic heterocycles. The maximum atomic E-state index is 14.0. The molecule has 1 saturated heterocycles. The van der Waals surface area contributed by atoms with Crippen molar-refractivity contribution in [2.24, 2.45) is 0 Å². The molecule has 0 bridgehead atoms. The van der Waals surface area contributed by atoms with Crippen LogP contribution in [0.4, 0.5) is 9.18 Å². The van der Waals surface area contributed by atoms with E-state index in [-0.39, 0.29) is 23.9 Å². The number of ether oxygens (including phenoxy) is 3. The Kier molecular flexibility index (Phi) is 8.73. The molecule has 2 aromatic rings. The molecule has 1 heterocycles. The van der Waals surface area contributed by atoms with E-state index >= 15 is 0 Å². The highest BCUT2D eigenvalue weighted by atomic mass is 79.9. The molecule has 2 aromatic carbocycles. The summed E-state index contributed by atoms with van der Waals surface area (Å²) in [5.41, 5.74) is 0.966. The fourth-order valence-corrected chi connectivity index (χ4v) is 4.66. The number of rotatable bonds is 9. The first-order valence-corrected chi connectivity index (χ1v) is 12.1.